The molecule has 1 aromatic carbocycles. The van der Waals surface area contributed by atoms with E-state index in [2.05, 4.69) is 5.32 Å². The fourth-order valence-corrected chi connectivity index (χ4v) is 2.10. The highest BCUT2D eigenvalue weighted by atomic mass is 16.6. The summed E-state index contributed by atoms with van der Waals surface area (Å²) in [5.74, 6) is 1.22. The van der Waals surface area contributed by atoms with E-state index in [-0.39, 0.29) is 11.8 Å². The number of carbonyl (C=O) groups is 2. The van der Waals surface area contributed by atoms with E-state index in [1.165, 1.54) is 6.92 Å². The molecule has 21 heavy (non-hydrogen) atoms. The van der Waals surface area contributed by atoms with E-state index < -0.39 is 0 Å². The Labute approximate surface area is 124 Å². The van der Waals surface area contributed by atoms with Crippen molar-refractivity contribution in [3.05, 3.63) is 18.2 Å². The van der Waals surface area contributed by atoms with Gasteiger partial charge >= 0.3 is 0 Å². The number of amides is 2. The van der Waals surface area contributed by atoms with Crippen LogP contribution in [-0.4, -0.2) is 38.1 Å². The van der Waals surface area contributed by atoms with Gasteiger partial charge in [-0.2, -0.15) is 0 Å². The number of rotatable bonds is 5. The third-order valence-corrected chi connectivity index (χ3v) is 3.20. The van der Waals surface area contributed by atoms with Gasteiger partial charge in [-0.15, -0.1) is 0 Å². The van der Waals surface area contributed by atoms with Crippen LogP contribution < -0.4 is 19.7 Å². The lowest BCUT2D eigenvalue weighted by atomic mass is 10.2. The maximum Gasteiger partial charge on any atom is 0.223 e. The summed E-state index contributed by atoms with van der Waals surface area (Å²) in [6, 6.07) is 5.40. The molecule has 114 valence electrons. The van der Waals surface area contributed by atoms with E-state index in [9.17, 15) is 9.59 Å². The molecule has 0 atom stereocenters. The molecule has 1 heterocycles. The van der Waals surface area contributed by atoms with Gasteiger partial charge in [0.15, 0.2) is 11.5 Å². The minimum Gasteiger partial charge on any atom is -0.486 e. The molecule has 1 aliphatic rings. The second kappa shape index (κ2) is 6.97. The summed E-state index contributed by atoms with van der Waals surface area (Å²) >= 11 is 0. The van der Waals surface area contributed by atoms with Gasteiger partial charge in [-0.05, 0) is 12.1 Å². The van der Waals surface area contributed by atoms with Crippen molar-refractivity contribution in [1.82, 2.24) is 5.32 Å². The number of fused-ring (bicyclic) bond motifs is 1. The van der Waals surface area contributed by atoms with Gasteiger partial charge in [0.05, 0.1) is 0 Å². The number of carbonyl (C=O) groups excluding carboxylic acids is 2. The molecule has 0 saturated heterocycles. The zero-order valence-corrected chi connectivity index (χ0v) is 12.3. The van der Waals surface area contributed by atoms with Crippen LogP contribution in [-0.2, 0) is 9.59 Å². The Balaban J connectivity index is 2.07. The number of hydrogen-bond donors (Lipinski definition) is 1. The van der Waals surface area contributed by atoms with Crippen molar-refractivity contribution in [1.29, 1.82) is 0 Å². The summed E-state index contributed by atoms with van der Waals surface area (Å²) in [6.07, 6.45) is 0.435. The number of nitrogens with one attached hydrogen (secondary N) is 1. The second-order valence-electron chi connectivity index (χ2n) is 4.70. The van der Waals surface area contributed by atoms with Gasteiger partial charge in [0.25, 0.3) is 0 Å². The first kappa shape index (κ1) is 15.2. The number of nitrogens with zero attached hydrogens (tertiary/aromatic N) is 1. The van der Waals surface area contributed by atoms with E-state index in [1.54, 1.807) is 24.0 Å². The third kappa shape index (κ3) is 3.87. The molecular formula is C15H20N2O4. The first-order valence-electron chi connectivity index (χ1n) is 7.06. The minimum absolute atomic E-state index is 0.0272. The maximum atomic E-state index is 11.8. The first-order valence-corrected chi connectivity index (χ1v) is 7.06. The van der Waals surface area contributed by atoms with Crippen LogP contribution in [0.25, 0.3) is 0 Å². The molecule has 1 aliphatic heterocycles. The van der Waals surface area contributed by atoms with Gasteiger partial charge in [-0.1, -0.05) is 6.92 Å². The lowest BCUT2D eigenvalue weighted by molar-refractivity contribution is -0.121. The van der Waals surface area contributed by atoms with Crippen LogP contribution in [0.2, 0.25) is 0 Å². The van der Waals surface area contributed by atoms with Crippen molar-refractivity contribution in [3.8, 4) is 11.5 Å². The zero-order valence-electron chi connectivity index (χ0n) is 12.3. The van der Waals surface area contributed by atoms with E-state index >= 15 is 0 Å². The molecule has 0 spiro atoms. The van der Waals surface area contributed by atoms with E-state index in [4.69, 9.17) is 9.47 Å². The number of anilines is 1. The predicted molar refractivity (Wildman–Crippen MR) is 78.8 cm³/mol. The largest absolute Gasteiger partial charge is 0.486 e. The minimum atomic E-state index is -0.0857. The molecule has 0 unspecified atom stereocenters. The third-order valence-electron chi connectivity index (χ3n) is 3.20. The van der Waals surface area contributed by atoms with Crippen LogP contribution in [0, 0.1) is 0 Å². The van der Waals surface area contributed by atoms with Crippen LogP contribution in [0.3, 0.4) is 0 Å². The smallest absolute Gasteiger partial charge is 0.223 e. The van der Waals surface area contributed by atoms with Crippen molar-refractivity contribution in [3.63, 3.8) is 0 Å². The van der Waals surface area contributed by atoms with Crippen molar-refractivity contribution in [2.75, 3.05) is 31.2 Å². The van der Waals surface area contributed by atoms with Crippen molar-refractivity contribution in [2.45, 2.75) is 20.3 Å². The summed E-state index contributed by atoms with van der Waals surface area (Å²) in [4.78, 5) is 24.6. The van der Waals surface area contributed by atoms with Gasteiger partial charge in [0, 0.05) is 38.2 Å². The van der Waals surface area contributed by atoms with Crippen molar-refractivity contribution >= 4 is 17.5 Å². The molecule has 0 radical (unpaired) electrons. The zero-order chi connectivity index (χ0) is 15.2. The molecule has 6 heteroatoms. The summed E-state index contributed by atoms with van der Waals surface area (Å²) in [6.45, 7) is 5.16. The molecule has 1 aromatic rings. The van der Waals surface area contributed by atoms with E-state index in [0.29, 0.717) is 44.2 Å². The fourth-order valence-electron chi connectivity index (χ4n) is 2.10. The van der Waals surface area contributed by atoms with Gasteiger partial charge in [-0.3, -0.25) is 9.59 Å². The van der Waals surface area contributed by atoms with Gasteiger partial charge in [0.2, 0.25) is 11.8 Å². The molecule has 0 fully saturated rings. The van der Waals surface area contributed by atoms with Crippen LogP contribution >= 0.6 is 0 Å². The van der Waals surface area contributed by atoms with Crippen LogP contribution in [0.4, 0.5) is 5.69 Å². The van der Waals surface area contributed by atoms with Crippen LogP contribution in [0.15, 0.2) is 18.2 Å². The topological polar surface area (TPSA) is 67.9 Å². The molecule has 2 amide bonds. The van der Waals surface area contributed by atoms with E-state index in [1.807, 2.05) is 6.07 Å². The first-order chi connectivity index (χ1) is 10.1. The number of ether oxygens (including phenoxy) is 2. The van der Waals surface area contributed by atoms with Gasteiger partial charge in [-0.25, -0.2) is 0 Å². The van der Waals surface area contributed by atoms with Gasteiger partial charge < -0.3 is 19.7 Å². The number of benzene rings is 1. The molecular weight excluding hydrogens is 272 g/mol. The Morgan fingerprint density at radius 1 is 1.24 bits per heavy atom. The van der Waals surface area contributed by atoms with Gasteiger partial charge in [0.1, 0.15) is 13.2 Å². The molecule has 1 N–H and O–H groups in total. The second-order valence-corrected chi connectivity index (χ2v) is 4.70. The maximum absolute atomic E-state index is 11.8. The summed E-state index contributed by atoms with van der Waals surface area (Å²) in [7, 11) is 0. The summed E-state index contributed by atoms with van der Waals surface area (Å²) < 4.78 is 11.0. The quantitative estimate of drug-likeness (QED) is 0.889. The normalized spacial score (nSPS) is 12.7. The predicted octanol–water partition coefficient (Wildman–Crippen LogP) is 1.34. The van der Waals surface area contributed by atoms with Crippen molar-refractivity contribution in [2.24, 2.45) is 0 Å². The fraction of sp³-hybridized carbons (Fsp3) is 0.467. The Hall–Kier alpha value is -2.24. The highest BCUT2D eigenvalue weighted by Gasteiger charge is 2.17. The van der Waals surface area contributed by atoms with Crippen LogP contribution in [0.1, 0.15) is 20.3 Å². The number of hydrogen-bond acceptors (Lipinski definition) is 4. The lowest BCUT2D eigenvalue weighted by Crippen LogP contribution is -2.37. The average molecular weight is 292 g/mol. The monoisotopic (exact) mass is 292 g/mol. The SMILES string of the molecule is CCC(=O)NCCN(C(C)=O)c1ccc2c(c1)OCCO2. The standard InChI is InChI=1S/C15H20N2O4/c1-3-15(19)16-6-7-17(11(2)18)12-4-5-13-14(10-12)21-9-8-20-13/h4-5,10H,3,6-9H2,1-2H3,(H,16,19). The highest BCUT2D eigenvalue weighted by Crippen LogP contribution is 2.33. The summed E-state index contributed by atoms with van der Waals surface area (Å²) in [5.41, 5.74) is 0.734. The molecule has 0 aromatic heterocycles. The molecule has 0 saturated carbocycles. The molecule has 6 nitrogen and oxygen atoms in total. The molecule has 0 bridgehead atoms. The van der Waals surface area contributed by atoms with Crippen molar-refractivity contribution < 1.29 is 19.1 Å². The van der Waals surface area contributed by atoms with E-state index in [0.717, 1.165) is 5.69 Å². The lowest BCUT2D eigenvalue weighted by Gasteiger charge is -2.24. The van der Waals surface area contributed by atoms with Crippen LogP contribution in [0.5, 0.6) is 11.5 Å². The molecule has 0 aliphatic carbocycles. The molecule has 2 rings (SSSR count). The Morgan fingerprint density at radius 3 is 2.62 bits per heavy atom. The Morgan fingerprint density at radius 2 is 1.95 bits per heavy atom. The Kier molecular flexibility index (Phi) is 5.03. The summed E-state index contributed by atoms with van der Waals surface area (Å²) in [5, 5.41) is 2.76. The Bertz CT molecular complexity index is 530. The average Bonchev–Trinajstić information content (AvgIpc) is 2.50. The highest BCUT2D eigenvalue weighted by molar-refractivity contribution is 5.92.